The normalized spacial score (nSPS) is 12.2. The molecule has 106 valence electrons. The lowest BCUT2D eigenvalue weighted by atomic mass is 10.1. The highest BCUT2D eigenvalue weighted by atomic mass is 19.1. The van der Waals surface area contributed by atoms with E-state index in [0.717, 1.165) is 23.5 Å². The Balaban J connectivity index is 2.28. The van der Waals surface area contributed by atoms with E-state index < -0.39 is 6.10 Å². The lowest BCUT2D eigenvalue weighted by Crippen LogP contribution is -2.16. The first-order chi connectivity index (χ1) is 9.65. The van der Waals surface area contributed by atoms with Crippen molar-refractivity contribution in [1.82, 2.24) is 0 Å². The number of aliphatic hydroxyl groups excluding tert-OH is 1. The van der Waals surface area contributed by atoms with E-state index in [9.17, 15) is 9.50 Å². The highest BCUT2D eigenvalue weighted by Crippen LogP contribution is 2.27. The predicted octanol–water partition coefficient (Wildman–Crippen LogP) is 4.43. The fourth-order valence-corrected chi connectivity index (χ4v) is 2.27. The number of benzene rings is 2. The molecule has 0 aromatic heterocycles. The largest absolute Gasteiger partial charge is 0.388 e. The van der Waals surface area contributed by atoms with Crippen molar-refractivity contribution >= 4 is 11.4 Å². The molecule has 2 aromatic rings. The lowest BCUT2D eigenvalue weighted by Gasteiger charge is -2.24. The van der Waals surface area contributed by atoms with Crippen LogP contribution in [-0.4, -0.2) is 11.7 Å². The molecular weight excluding hydrogens is 253 g/mol. The molecule has 20 heavy (non-hydrogen) atoms. The summed E-state index contributed by atoms with van der Waals surface area (Å²) >= 11 is 0. The second kappa shape index (κ2) is 6.53. The van der Waals surface area contributed by atoms with Gasteiger partial charge in [0.1, 0.15) is 5.82 Å². The Bertz CT molecular complexity index is 553. The molecule has 0 amide bonds. The highest BCUT2D eigenvalue weighted by Gasteiger charge is 2.09. The number of rotatable bonds is 5. The van der Waals surface area contributed by atoms with Gasteiger partial charge in [-0.1, -0.05) is 25.1 Å². The zero-order valence-electron chi connectivity index (χ0n) is 11.9. The van der Waals surface area contributed by atoms with Crippen molar-refractivity contribution in [3.63, 3.8) is 0 Å². The topological polar surface area (TPSA) is 23.5 Å². The summed E-state index contributed by atoms with van der Waals surface area (Å²) in [6.07, 6.45) is 0.272. The maximum absolute atomic E-state index is 13.3. The van der Waals surface area contributed by atoms with Gasteiger partial charge in [0.05, 0.1) is 6.10 Å². The van der Waals surface area contributed by atoms with Crippen molar-refractivity contribution in [2.75, 3.05) is 11.4 Å². The standard InChI is InChI=1S/C17H20FNO/c1-3-17(20)13-8-10-15(11-9-13)19(4-2)16-7-5-6-14(18)12-16/h5-12,17,20H,3-4H2,1-2H3/t17-/m0/s1. The molecule has 2 rings (SSSR count). The zero-order valence-corrected chi connectivity index (χ0v) is 11.9. The summed E-state index contributed by atoms with van der Waals surface area (Å²) in [6.45, 7) is 4.72. The third-order valence-electron chi connectivity index (χ3n) is 3.41. The van der Waals surface area contributed by atoms with Gasteiger partial charge in [0, 0.05) is 17.9 Å². The fraction of sp³-hybridized carbons (Fsp3) is 0.294. The Hall–Kier alpha value is -1.87. The molecule has 0 unspecified atom stereocenters. The first-order valence-corrected chi connectivity index (χ1v) is 6.96. The van der Waals surface area contributed by atoms with Crippen LogP contribution < -0.4 is 4.90 Å². The predicted molar refractivity (Wildman–Crippen MR) is 80.8 cm³/mol. The summed E-state index contributed by atoms with van der Waals surface area (Å²) in [5.74, 6) is -0.237. The molecule has 0 saturated carbocycles. The summed E-state index contributed by atoms with van der Waals surface area (Å²) in [7, 11) is 0. The van der Waals surface area contributed by atoms with Crippen molar-refractivity contribution in [2.45, 2.75) is 26.4 Å². The molecule has 3 heteroatoms. The van der Waals surface area contributed by atoms with Crippen LogP contribution in [0.25, 0.3) is 0 Å². The minimum Gasteiger partial charge on any atom is -0.388 e. The summed E-state index contributed by atoms with van der Waals surface area (Å²) in [5, 5.41) is 9.81. The first-order valence-electron chi connectivity index (χ1n) is 6.96. The van der Waals surface area contributed by atoms with Gasteiger partial charge in [0.2, 0.25) is 0 Å². The van der Waals surface area contributed by atoms with Gasteiger partial charge in [0.15, 0.2) is 0 Å². The molecule has 0 aliphatic rings. The molecule has 0 fully saturated rings. The van der Waals surface area contributed by atoms with Crippen LogP contribution in [0.4, 0.5) is 15.8 Å². The van der Waals surface area contributed by atoms with Crippen molar-refractivity contribution in [1.29, 1.82) is 0 Å². The van der Waals surface area contributed by atoms with Crippen LogP contribution >= 0.6 is 0 Å². The Morgan fingerprint density at radius 2 is 1.75 bits per heavy atom. The number of hydrogen-bond donors (Lipinski definition) is 1. The average Bonchev–Trinajstić information content (AvgIpc) is 2.48. The summed E-state index contributed by atoms with van der Waals surface area (Å²) in [6, 6.07) is 14.3. The van der Waals surface area contributed by atoms with Crippen LogP contribution in [0.15, 0.2) is 48.5 Å². The van der Waals surface area contributed by atoms with Crippen LogP contribution in [0.5, 0.6) is 0 Å². The van der Waals surface area contributed by atoms with E-state index in [1.807, 2.05) is 49.1 Å². The summed E-state index contributed by atoms with van der Waals surface area (Å²) in [5.41, 5.74) is 2.73. The van der Waals surface area contributed by atoms with Gasteiger partial charge in [-0.15, -0.1) is 0 Å². The lowest BCUT2D eigenvalue weighted by molar-refractivity contribution is 0.173. The van der Waals surface area contributed by atoms with E-state index in [1.165, 1.54) is 12.1 Å². The molecule has 0 aliphatic heterocycles. The second-order valence-electron chi connectivity index (χ2n) is 4.74. The van der Waals surface area contributed by atoms with Crippen LogP contribution in [-0.2, 0) is 0 Å². The third kappa shape index (κ3) is 3.17. The van der Waals surface area contributed by atoms with Crippen LogP contribution in [0.2, 0.25) is 0 Å². The number of nitrogens with zero attached hydrogens (tertiary/aromatic N) is 1. The Kier molecular flexibility index (Phi) is 4.74. The van der Waals surface area contributed by atoms with Gasteiger partial charge in [-0.2, -0.15) is 0 Å². The molecule has 0 spiro atoms. The molecule has 2 aromatic carbocycles. The molecule has 1 atom stereocenters. The fourth-order valence-electron chi connectivity index (χ4n) is 2.27. The Labute approximate surface area is 119 Å². The van der Waals surface area contributed by atoms with E-state index >= 15 is 0 Å². The number of aliphatic hydroxyl groups is 1. The van der Waals surface area contributed by atoms with Crippen LogP contribution in [0.3, 0.4) is 0 Å². The molecular formula is C17H20FNO. The monoisotopic (exact) mass is 273 g/mol. The maximum Gasteiger partial charge on any atom is 0.125 e. The molecule has 0 saturated heterocycles. The van der Waals surface area contributed by atoms with Crippen LogP contribution in [0, 0.1) is 5.82 Å². The van der Waals surface area contributed by atoms with Gasteiger partial charge in [-0.25, -0.2) is 4.39 Å². The molecule has 1 N–H and O–H groups in total. The van der Waals surface area contributed by atoms with Gasteiger partial charge in [0.25, 0.3) is 0 Å². The smallest absolute Gasteiger partial charge is 0.125 e. The number of hydrogen-bond acceptors (Lipinski definition) is 2. The van der Waals surface area contributed by atoms with Gasteiger partial charge in [-0.05, 0) is 49.2 Å². The zero-order chi connectivity index (χ0) is 14.5. The van der Waals surface area contributed by atoms with Crippen molar-refractivity contribution in [3.8, 4) is 0 Å². The molecule has 2 nitrogen and oxygen atoms in total. The first kappa shape index (κ1) is 14.5. The van der Waals surface area contributed by atoms with E-state index in [0.29, 0.717) is 6.42 Å². The quantitative estimate of drug-likeness (QED) is 0.871. The van der Waals surface area contributed by atoms with Crippen LogP contribution in [0.1, 0.15) is 31.9 Å². The van der Waals surface area contributed by atoms with Gasteiger partial charge >= 0.3 is 0 Å². The maximum atomic E-state index is 13.3. The van der Waals surface area contributed by atoms with Crippen molar-refractivity contribution < 1.29 is 9.50 Å². The van der Waals surface area contributed by atoms with E-state index in [-0.39, 0.29) is 5.82 Å². The SMILES string of the molecule is CC[C@H](O)c1ccc(N(CC)c2cccc(F)c2)cc1. The molecule has 0 radical (unpaired) electrons. The van der Waals surface area contributed by atoms with Gasteiger partial charge in [-0.3, -0.25) is 0 Å². The summed E-state index contributed by atoms with van der Waals surface area (Å²) < 4.78 is 13.3. The number of anilines is 2. The highest BCUT2D eigenvalue weighted by molar-refractivity contribution is 5.63. The minimum atomic E-state index is -0.423. The Morgan fingerprint density at radius 3 is 2.30 bits per heavy atom. The average molecular weight is 273 g/mol. The van der Waals surface area contributed by atoms with Crippen molar-refractivity contribution in [3.05, 3.63) is 59.9 Å². The molecule has 0 aliphatic carbocycles. The second-order valence-corrected chi connectivity index (χ2v) is 4.74. The number of halogens is 1. The van der Waals surface area contributed by atoms with E-state index in [2.05, 4.69) is 0 Å². The van der Waals surface area contributed by atoms with Gasteiger partial charge < -0.3 is 10.0 Å². The third-order valence-corrected chi connectivity index (χ3v) is 3.41. The summed E-state index contributed by atoms with van der Waals surface area (Å²) in [4.78, 5) is 2.03. The van der Waals surface area contributed by atoms with Crippen molar-refractivity contribution in [2.24, 2.45) is 0 Å². The Morgan fingerprint density at radius 1 is 1.05 bits per heavy atom. The van der Waals surface area contributed by atoms with E-state index in [4.69, 9.17) is 0 Å². The molecule has 0 heterocycles. The molecule has 0 bridgehead atoms. The minimum absolute atomic E-state index is 0.237. The van der Waals surface area contributed by atoms with E-state index in [1.54, 1.807) is 6.07 Å².